The van der Waals surface area contributed by atoms with Gasteiger partial charge < -0.3 is 25.2 Å². The Morgan fingerprint density at radius 3 is 2.65 bits per heavy atom. The molecular formula is C11H24N2O4. The zero-order valence-corrected chi connectivity index (χ0v) is 10.9. The summed E-state index contributed by atoms with van der Waals surface area (Å²) in [5.41, 5.74) is 0. The number of aliphatic hydroxyl groups is 1. The maximum absolute atomic E-state index is 11.2. The van der Waals surface area contributed by atoms with Crippen LogP contribution in [0.2, 0.25) is 0 Å². The van der Waals surface area contributed by atoms with E-state index in [0.29, 0.717) is 19.8 Å². The molecule has 0 spiro atoms. The Kier molecular flexibility index (Phi) is 10.0. The number of hydrogen-bond donors (Lipinski definition) is 3. The van der Waals surface area contributed by atoms with Crippen LogP contribution in [0, 0.1) is 0 Å². The van der Waals surface area contributed by atoms with Gasteiger partial charge in [-0.05, 0) is 13.8 Å². The molecule has 102 valence electrons. The maximum Gasteiger partial charge on any atom is 0.234 e. The Morgan fingerprint density at radius 2 is 2.06 bits per heavy atom. The van der Waals surface area contributed by atoms with E-state index in [-0.39, 0.29) is 25.1 Å². The summed E-state index contributed by atoms with van der Waals surface area (Å²) < 4.78 is 9.94. The van der Waals surface area contributed by atoms with Crippen molar-refractivity contribution in [3.63, 3.8) is 0 Å². The first-order valence-corrected chi connectivity index (χ1v) is 5.81. The van der Waals surface area contributed by atoms with E-state index in [2.05, 4.69) is 10.6 Å². The van der Waals surface area contributed by atoms with Crippen LogP contribution in [0.3, 0.4) is 0 Å². The Balaban J connectivity index is 3.38. The molecule has 0 aliphatic heterocycles. The highest BCUT2D eigenvalue weighted by atomic mass is 16.5. The van der Waals surface area contributed by atoms with Gasteiger partial charge in [0.1, 0.15) is 0 Å². The van der Waals surface area contributed by atoms with Crippen LogP contribution in [0.5, 0.6) is 0 Å². The number of carbonyl (C=O) groups excluding carboxylic acids is 1. The lowest BCUT2D eigenvalue weighted by atomic mass is 10.3. The summed E-state index contributed by atoms with van der Waals surface area (Å²) >= 11 is 0. The predicted molar refractivity (Wildman–Crippen MR) is 64.9 cm³/mol. The fourth-order valence-electron chi connectivity index (χ4n) is 1.15. The molecule has 1 atom stereocenters. The average molecular weight is 248 g/mol. The van der Waals surface area contributed by atoms with Gasteiger partial charge in [0.2, 0.25) is 5.91 Å². The van der Waals surface area contributed by atoms with Crippen LogP contribution < -0.4 is 10.6 Å². The van der Waals surface area contributed by atoms with Crippen molar-refractivity contribution in [1.82, 2.24) is 10.6 Å². The molecule has 0 radical (unpaired) electrons. The number of hydrogen-bond acceptors (Lipinski definition) is 5. The molecule has 17 heavy (non-hydrogen) atoms. The highest BCUT2D eigenvalue weighted by molar-refractivity contribution is 5.78. The highest BCUT2D eigenvalue weighted by Gasteiger charge is 2.06. The quantitative estimate of drug-likeness (QED) is 0.438. The normalized spacial score (nSPS) is 12.8. The van der Waals surface area contributed by atoms with Crippen molar-refractivity contribution in [2.45, 2.75) is 26.0 Å². The molecule has 6 nitrogen and oxygen atoms in total. The number of ether oxygens (including phenoxy) is 2. The van der Waals surface area contributed by atoms with Crippen LogP contribution >= 0.6 is 0 Å². The lowest BCUT2D eigenvalue weighted by Crippen LogP contribution is -2.40. The van der Waals surface area contributed by atoms with Crippen LogP contribution in [0.15, 0.2) is 0 Å². The van der Waals surface area contributed by atoms with E-state index < -0.39 is 6.10 Å². The smallest absolute Gasteiger partial charge is 0.234 e. The first-order valence-electron chi connectivity index (χ1n) is 5.81. The van der Waals surface area contributed by atoms with Gasteiger partial charge in [-0.2, -0.15) is 0 Å². The molecule has 0 rings (SSSR count). The molecule has 3 N–H and O–H groups in total. The van der Waals surface area contributed by atoms with Crippen LogP contribution in [0.1, 0.15) is 13.8 Å². The molecule has 0 aliphatic carbocycles. The van der Waals surface area contributed by atoms with Gasteiger partial charge >= 0.3 is 0 Å². The topological polar surface area (TPSA) is 79.8 Å². The summed E-state index contributed by atoms with van der Waals surface area (Å²) in [6.45, 7) is 5.54. The third kappa shape index (κ3) is 11.6. The summed E-state index contributed by atoms with van der Waals surface area (Å²) in [5.74, 6) is -0.0764. The van der Waals surface area contributed by atoms with Crippen molar-refractivity contribution in [1.29, 1.82) is 0 Å². The largest absolute Gasteiger partial charge is 0.389 e. The standard InChI is InChI=1S/C11H24N2O4/c1-9(2)13-11(15)7-12-6-10(14)8-17-5-4-16-3/h9-10,12,14H,4-8H2,1-3H3,(H,13,15). The zero-order chi connectivity index (χ0) is 13.1. The molecule has 0 fully saturated rings. The number of methoxy groups -OCH3 is 1. The van der Waals surface area contributed by atoms with Crippen molar-refractivity contribution < 1.29 is 19.4 Å². The van der Waals surface area contributed by atoms with Gasteiger partial charge in [-0.1, -0.05) is 0 Å². The maximum atomic E-state index is 11.2. The van der Waals surface area contributed by atoms with E-state index in [0.717, 1.165) is 0 Å². The summed E-state index contributed by atoms with van der Waals surface area (Å²) in [6, 6.07) is 0.131. The molecule has 1 amide bonds. The van der Waals surface area contributed by atoms with E-state index in [1.54, 1.807) is 7.11 Å². The molecule has 0 saturated heterocycles. The van der Waals surface area contributed by atoms with Crippen molar-refractivity contribution >= 4 is 5.91 Å². The Bertz CT molecular complexity index is 200. The number of nitrogens with one attached hydrogen (secondary N) is 2. The number of carbonyl (C=O) groups is 1. The first kappa shape index (κ1) is 16.3. The molecular weight excluding hydrogens is 224 g/mol. The second-order valence-corrected chi connectivity index (χ2v) is 4.07. The second-order valence-electron chi connectivity index (χ2n) is 4.07. The number of amides is 1. The van der Waals surface area contributed by atoms with Gasteiger partial charge in [0.25, 0.3) is 0 Å². The van der Waals surface area contributed by atoms with Crippen molar-refractivity contribution in [2.24, 2.45) is 0 Å². The molecule has 6 heteroatoms. The predicted octanol–water partition coefficient (Wildman–Crippen LogP) is -0.875. The first-order chi connectivity index (χ1) is 8.06. The Hall–Kier alpha value is -0.690. The van der Waals surface area contributed by atoms with E-state index in [1.165, 1.54) is 0 Å². The summed E-state index contributed by atoms with van der Waals surface area (Å²) in [6.07, 6.45) is -0.612. The van der Waals surface area contributed by atoms with Gasteiger partial charge in [-0.25, -0.2) is 0 Å². The zero-order valence-electron chi connectivity index (χ0n) is 10.9. The molecule has 0 aromatic carbocycles. The summed E-state index contributed by atoms with van der Waals surface area (Å²) in [4.78, 5) is 11.2. The molecule has 0 saturated carbocycles. The monoisotopic (exact) mass is 248 g/mol. The van der Waals surface area contributed by atoms with Gasteiger partial charge in [-0.15, -0.1) is 0 Å². The highest BCUT2D eigenvalue weighted by Crippen LogP contribution is 1.84. The third-order valence-corrected chi connectivity index (χ3v) is 1.86. The summed E-state index contributed by atoms with van der Waals surface area (Å²) in [5, 5.41) is 15.1. The molecule has 0 aliphatic rings. The van der Waals surface area contributed by atoms with Crippen molar-refractivity contribution in [3.05, 3.63) is 0 Å². The minimum Gasteiger partial charge on any atom is -0.389 e. The minimum atomic E-state index is -0.612. The van der Waals surface area contributed by atoms with E-state index >= 15 is 0 Å². The summed E-state index contributed by atoms with van der Waals surface area (Å²) in [7, 11) is 1.59. The molecule has 0 aromatic heterocycles. The third-order valence-electron chi connectivity index (χ3n) is 1.86. The van der Waals surface area contributed by atoms with E-state index in [9.17, 15) is 9.90 Å². The molecule has 0 bridgehead atoms. The van der Waals surface area contributed by atoms with Gasteiger partial charge in [-0.3, -0.25) is 4.79 Å². The number of aliphatic hydroxyl groups excluding tert-OH is 1. The van der Waals surface area contributed by atoms with Crippen LogP contribution in [0.4, 0.5) is 0 Å². The number of rotatable bonds is 10. The van der Waals surface area contributed by atoms with Gasteiger partial charge in [0, 0.05) is 19.7 Å². The van der Waals surface area contributed by atoms with Crippen molar-refractivity contribution in [3.8, 4) is 0 Å². The van der Waals surface area contributed by atoms with Gasteiger partial charge in [0.05, 0.1) is 32.5 Å². The Morgan fingerprint density at radius 1 is 1.35 bits per heavy atom. The van der Waals surface area contributed by atoms with Crippen LogP contribution in [-0.2, 0) is 14.3 Å². The Labute approximate surface area is 103 Å². The molecule has 0 aromatic rings. The second kappa shape index (κ2) is 10.5. The van der Waals surface area contributed by atoms with Crippen LogP contribution in [0.25, 0.3) is 0 Å². The SMILES string of the molecule is COCCOCC(O)CNCC(=O)NC(C)C. The molecule has 0 heterocycles. The average Bonchev–Trinajstić information content (AvgIpc) is 2.23. The fraction of sp³-hybridized carbons (Fsp3) is 0.909. The van der Waals surface area contributed by atoms with Crippen molar-refractivity contribution in [2.75, 3.05) is 40.0 Å². The van der Waals surface area contributed by atoms with Gasteiger partial charge in [0.15, 0.2) is 0 Å². The lowest BCUT2D eigenvalue weighted by molar-refractivity contribution is -0.120. The fourth-order valence-corrected chi connectivity index (χ4v) is 1.15. The van der Waals surface area contributed by atoms with E-state index in [1.807, 2.05) is 13.8 Å². The molecule has 1 unspecified atom stereocenters. The van der Waals surface area contributed by atoms with Crippen LogP contribution in [-0.4, -0.2) is 63.2 Å². The lowest BCUT2D eigenvalue weighted by Gasteiger charge is -2.13. The van der Waals surface area contributed by atoms with E-state index in [4.69, 9.17) is 9.47 Å². The minimum absolute atomic E-state index is 0.0764.